The van der Waals surface area contributed by atoms with E-state index < -0.39 is 0 Å². The Morgan fingerprint density at radius 1 is 1.14 bits per heavy atom. The Balaban J connectivity index is 2.31. The molecule has 2 rings (SSSR count). The van der Waals surface area contributed by atoms with Gasteiger partial charge in [0.15, 0.2) is 0 Å². The van der Waals surface area contributed by atoms with Gasteiger partial charge in [-0.1, -0.05) is 23.7 Å². The monoisotopic (exact) mass is 206 g/mol. The second-order valence-electron chi connectivity index (χ2n) is 3.34. The van der Waals surface area contributed by atoms with Crippen LogP contribution in [0.15, 0.2) is 42.2 Å². The Morgan fingerprint density at radius 2 is 1.86 bits per heavy atom. The SMILES string of the molecule is OC1=CCCC(c2ccc(Cl)cc2)=C1. The number of halogens is 1. The van der Waals surface area contributed by atoms with Gasteiger partial charge in [-0.05, 0) is 48.3 Å². The molecule has 0 bridgehead atoms. The average molecular weight is 207 g/mol. The Hall–Kier alpha value is -1.21. The summed E-state index contributed by atoms with van der Waals surface area (Å²) in [7, 11) is 0. The third-order valence-corrected chi connectivity index (χ3v) is 2.56. The largest absolute Gasteiger partial charge is 0.508 e. The van der Waals surface area contributed by atoms with Crippen LogP contribution in [0.1, 0.15) is 18.4 Å². The van der Waals surface area contributed by atoms with E-state index >= 15 is 0 Å². The Kier molecular flexibility index (Phi) is 2.60. The highest BCUT2D eigenvalue weighted by Crippen LogP contribution is 2.26. The molecule has 0 aliphatic heterocycles. The van der Waals surface area contributed by atoms with Gasteiger partial charge < -0.3 is 5.11 Å². The van der Waals surface area contributed by atoms with Crippen LogP contribution in [0.5, 0.6) is 0 Å². The van der Waals surface area contributed by atoms with Crippen molar-refractivity contribution in [3.05, 3.63) is 52.8 Å². The maximum atomic E-state index is 9.35. The molecule has 1 aliphatic rings. The lowest BCUT2D eigenvalue weighted by Crippen LogP contribution is -1.91. The summed E-state index contributed by atoms with van der Waals surface area (Å²) in [6.45, 7) is 0. The minimum atomic E-state index is 0.362. The first-order valence-electron chi connectivity index (χ1n) is 4.61. The third kappa shape index (κ3) is 1.99. The van der Waals surface area contributed by atoms with Gasteiger partial charge in [0.1, 0.15) is 5.76 Å². The van der Waals surface area contributed by atoms with Crippen molar-refractivity contribution in [3.8, 4) is 0 Å². The van der Waals surface area contributed by atoms with Gasteiger partial charge in [-0.3, -0.25) is 0 Å². The minimum Gasteiger partial charge on any atom is -0.508 e. The standard InChI is InChI=1S/C12H11ClO/c13-11-6-4-9(5-7-11)10-2-1-3-12(14)8-10/h3-8,14H,1-2H2. The van der Waals surface area contributed by atoms with Crippen molar-refractivity contribution in [2.24, 2.45) is 0 Å². The van der Waals surface area contributed by atoms with Crippen LogP contribution in [0.4, 0.5) is 0 Å². The lowest BCUT2D eigenvalue weighted by molar-refractivity contribution is 0.428. The predicted molar refractivity (Wildman–Crippen MR) is 59.4 cm³/mol. The molecule has 1 N–H and O–H groups in total. The van der Waals surface area contributed by atoms with Gasteiger partial charge in [-0.15, -0.1) is 0 Å². The van der Waals surface area contributed by atoms with Gasteiger partial charge in [0.25, 0.3) is 0 Å². The highest BCUT2D eigenvalue weighted by Gasteiger charge is 2.06. The normalized spacial score (nSPS) is 16.1. The minimum absolute atomic E-state index is 0.362. The quantitative estimate of drug-likeness (QED) is 0.738. The fraction of sp³-hybridized carbons (Fsp3) is 0.167. The van der Waals surface area contributed by atoms with Crippen molar-refractivity contribution in [1.29, 1.82) is 0 Å². The lowest BCUT2D eigenvalue weighted by atomic mass is 9.97. The molecule has 1 nitrogen and oxygen atoms in total. The molecule has 0 spiro atoms. The van der Waals surface area contributed by atoms with Crippen LogP contribution in [0.3, 0.4) is 0 Å². The van der Waals surface area contributed by atoms with Gasteiger partial charge in [0, 0.05) is 5.02 Å². The van der Waals surface area contributed by atoms with Crippen molar-refractivity contribution in [2.75, 3.05) is 0 Å². The first-order valence-corrected chi connectivity index (χ1v) is 4.99. The molecule has 0 saturated heterocycles. The van der Waals surface area contributed by atoms with Crippen LogP contribution in [0.25, 0.3) is 5.57 Å². The van der Waals surface area contributed by atoms with E-state index in [1.165, 1.54) is 5.57 Å². The maximum Gasteiger partial charge on any atom is 0.111 e. The Morgan fingerprint density at radius 3 is 2.50 bits per heavy atom. The van der Waals surface area contributed by atoms with Crippen LogP contribution in [-0.2, 0) is 0 Å². The number of rotatable bonds is 1. The summed E-state index contributed by atoms with van der Waals surface area (Å²) in [6, 6.07) is 7.69. The number of allylic oxidation sites excluding steroid dienone is 3. The Bertz CT molecular complexity index is 387. The number of aliphatic hydroxyl groups excluding tert-OH is 1. The van der Waals surface area contributed by atoms with Crippen molar-refractivity contribution in [3.63, 3.8) is 0 Å². The van der Waals surface area contributed by atoms with Crippen LogP contribution in [0.2, 0.25) is 5.02 Å². The van der Waals surface area contributed by atoms with E-state index in [0.717, 1.165) is 23.4 Å². The van der Waals surface area contributed by atoms with Crippen LogP contribution >= 0.6 is 11.6 Å². The van der Waals surface area contributed by atoms with Crippen molar-refractivity contribution < 1.29 is 5.11 Å². The van der Waals surface area contributed by atoms with Crippen LogP contribution in [-0.4, -0.2) is 5.11 Å². The molecular weight excluding hydrogens is 196 g/mol. The molecule has 2 heteroatoms. The molecule has 1 aromatic rings. The summed E-state index contributed by atoms with van der Waals surface area (Å²) in [4.78, 5) is 0. The fourth-order valence-corrected chi connectivity index (χ4v) is 1.70. The summed E-state index contributed by atoms with van der Waals surface area (Å²) in [5, 5.41) is 10.1. The summed E-state index contributed by atoms with van der Waals surface area (Å²) >= 11 is 5.80. The van der Waals surface area contributed by atoms with Gasteiger partial charge in [0.2, 0.25) is 0 Å². The summed E-state index contributed by atoms with van der Waals surface area (Å²) < 4.78 is 0. The molecule has 0 amide bonds. The summed E-state index contributed by atoms with van der Waals surface area (Å²) in [5.41, 5.74) is 2.30. The van der Waals surface area contributed by atoms with Gasteiger partial charge >= 0.3 is 0 Å². The van der Waals surface area contributed by atoms with E-state index in [1.54, 1.807) is 0 Å². The van der Waals surface area contributed by atoms with E-state index in [9.17, 15) is 5.11 Å². The smallest absolute Gasteiger partial charge is 0.111 e. The molecule has 0 atom stereocenters. The van der Waals surface area contributed by atoms with Crippen molar-refractivity contribution in [1.82, 2.24) is 0 Å². The highest BCUT2D eigenvalue weighted by atomic mass is 35.5. The molecule has 72 valence electrons. The van der Waals surface area contributed by atoms with Gasteiger partial charge in [-0.2, -0.15) is 0 Å². The number of hydrogen-bond acceptors (Lipinski definition) is 1. The number of aliphatic hydroxyl groups is 1. The summed E-state index contributed by atoms with van der Waals surface area (Å²) in [5.74, 6) is 0.362. The zero-order chi connectivity index (χ0) is 9.97. The lowest BCUT2D eigenvalue weighted by Gasteiger charge is -2.10. The van der Waals surface area contributed by atoms with E-state index in [0.29, 0.717) is 5.76 Å². The molecule has 0 aromatic heterocycles. The fourth-order valence-electron chi connectivity index (χ4n) is 1.58. The highest BCUT2D eigenvalue weighted by molar-refractivity contribution is 6.30. The topological polar surface area (TPSA) is 20.2 Å². The second-order valence-corrected chi connectivity index (χ2v) is 3.78. The number of hydrogen-bond donors (Lipinski definition) is 1. The molecule has 0 fully saturated rings. The van der Waals surface area contributed by atoms with E-state index in [2.05, 4.69) is 0 Å². The molecular formula is C12H11ClO. The zero-order valence-corrected chi connectivity index (χ0v) is 8.46. The second kappa shape index (κ2) is 3.89. The van der Waals surface area contributed by atoms with Crippen LogP contribution < -0.4 is 0 Å². The van der Waals surface area contributed by atoms with Crippen LogP contribution in [0, 0.1) is 0 Å². The molecule has 1 aromatic carbocycles. The number of benzene rings is 1. The molecule has 14 heavy (non-hydrogen) atoms. The molecule has 0 heterocycles. The zero-order valence-electron chi connectivity index (χ0n) is 7.70. The summed E-state index contributed by atoms with van der Waals surface area (Å²) in [6.07, 6.45) is 5.53. The van der Waals surface area contributed by atoms with Gasteiger partial charge in [-0.25, -0.2) is 0 Å². The maximum absolute atomic E-state index is 9.35. The van der Waals surface area contributed by atoms with Crippen molar-refractivity contribution >= 4 is 17.2 Å². The molecule has 0 unspecified atom stereocenters. The molecule has 1 aliphatic carbocycles. The van der Waals surface area contributed by atoms with Gasteiger partial charge in [0.05, 0.1) is 0 Å². The third-order valence-electron chi connectivity index (χ3n) is 2.30. The average Bonchev–Trinajstić information content (AvgIpc) is 2.19. The predicted octanol–water partition coefficient (Wildman–Crippen LogP) is 3.96. The van der Waals surface area contributed by atoms with E-state index in [1.807, 2.05) is 36.4 Å². The van der Waals surface area contributed by atoms with E-state index in [4.69, 9.17) is 11.6 Å². The van der Waals surface area contributed by atoms with Crippen molar-refractivity contribution in [2.45, 2.75) is 12.8 Å². The first kappa shape index (κ1) is 9.35. The Labute approximate surface area is 88.3 Å². The van der Waals surface area contributed by atoms with E-state index in [-0.39, 0.29) is 0 Å². The molecule has 0 radical (unpaired) electrons. The molecule has 0 saturated carbocycles. The first-order chi connectivity index (χ1) is 6.75.